The van der Waals surface area contributed by atoms with E-state index in [1.54, 1.807) is 12.1 Å². The standard InChI is InChI=1S/C11H15BrN2O2S3/c12-9-5-6-11(18-9)19(15,16)14(7-10(13)17)8-3-1-2-4-8/h5-6,8H,1-4,7H2,(H2,13,17). The third-order valence-electron chi connectivity index (χ3n) is 3.16. The van der Waals surface area contributed by atoms with Crippen LogP contribution in [0.4, 0.5) is 0 Å². The first-order valence-electron chi connectivity index (χ1n) is 5.97. The maximum atomic E-state index is 12.7. The highest BCUT2D eigenvalue weighted by Gasteiger charge is 2.34. The van der Waals surface area contributed by atoms with Crippen LogP contribution in [-0.2, 0) is 10.0 Å². The summed E-state index contributed by atoms with van der Waals surface area (Å²) < 4.78 is 27.9. The van der Waals surface area contributed by atoms with Crippen molar-refractivity contribution < 1.29 is 8.42 Å². The van der Waals surface area contributed by atoms with Crippen LogP contribution in [0, 0.1) is 0 Å². The van der Waals surface area contributed by atoms with Crippen molar-refractivity contribution in [2.45, 2.75) is 35.9 Å². The molecule has 0 aromatic carbocycles. The molecule has 0 aliphatic heterocycles. The van der Waals surface area contributed by atoms with Gasteiger partial charge in [-0.3, -0.25) is 0 Å². The Labute approximate surface area is 131 Å². The molecular weight excluding hydrogens is 368 g/mol. The van der Waals surface area contributed by atoms with Gasteiger partial charge in [-0.15, -0.1) is 11.3 Å². The number of nitrogens with zero attached hydrogens (tertiary/aromatic N) is 1. The Morgan fingerprint density at radius 2 is 2.11 bits per heavy atom. The van der Waals surface area contributed by atoms with Crippen molar-refractivity contribution in [1.82, 2.24) is 4.31 Å². The lowest BCUT2D eigenvalue weighted by Gasteiger charge is -2.26. The molecule has 1 fully saturated rings. The van der Waals surface area contributed by atoms with Crippen LogP contribution < -0.4 is 5.73 Å². The van der Waals surface area contributed by atoms with Crippen molar-refractivity contribution in [3.63, 3.8) is 0 Å². The first kappa shape index (κ1) is 15.4. The first-order valence-corrected chi connectivity index (χ1v) is 9.42. The molecule has 19 heavy (non-hydrogen) atoms. The number of halogens is 1. The molecule has 1 saturated carbocycles. The van der Waals surface area contributed by atoms with E-state index >= 15 is 0 Å². The third kappa shape index (κ3) is 3.55. The Morgan fingerprint density at radius 1 is 1.47 bits per heavy atom. The highest BCUT2D eigenvalue weighted by atomic mass is 79.9. The van der Waals surface area contributed by atoms with E-state index in [4.69, 9.17) is 18.0 Å². The van der Waals surface area contributed by atoms with Gasteiger partial charge in [0.15, 0.2) is 0 Å². The van der Waals surface area contributed by atoms with Crippen LogP contribution in [0.25, 0.3) is 0 Å². The van der Waals surface area contributed by atoms with Gasteiger partial charge in [0.05, 0.1) is 15.3 Å². The molecular formula is C11H15BrN2O2S3. The number of rotatable bonds is 5. The van der Waals surface area contributed by atoms with Gasteiger partial charge in [-0.1, -0.05) is 25.1 Å². The molecule has 0 unspecified atom stereocenters. The molecule has 0 radical (unpaired) electrons. The summed E-state index contributed by atoms with van der Waals surface area (Å²) in [5, 5.41) is 0. The summed E-state index contributed by atoms with van der Waals surface area (Å²) in [6.45, 7) is 0.123. The number of sulfonamides is 1. The Morgan fingerprint density at radius 3 is 2.58 bits per heavy atom. The molecule has 0 spiro atoms. The van der Waals surface area contributed by atoms with Crippen LogP contribution in [-0.4, -0.2) is 30.3 Å². The van der Waals surface area contributed by atoms with Gasteiger partial charge >= 0.3 is 0 Å². The summed E-state index contributed by atoms with van der Waals surface area (Å²) in [5.74, 6) is 0. The van der Waals surface area contributed by atoms with Gasteiger partial charge in [0.2, 0.25) is 0 Å². The van der Waals surface area contributed by atoms with Crippen LogP contribution in [0.3, 0.4) is 0 Å². The summed E-state index contributed by atoms with van der Waals surface area (Å²) >= 11 is 9.40. The SMILES string of the molecule is NC(=S)CN(C1CCCC1)S(=O)(=O)c1ccc(Br)s1. The van der Waals surface area contributed by atoms with Crippen LogP contribution >= 0.6 is 39.5 Å². The molecule has 1 aromatic heterocycles. The summed E-state index contributed by atoms with van der Waals surface area (Å²) in [6, 6.07) is 3.38. The van der Waals surface area contributed by atoms with E-state index in [-0.39, 0.29) is 17.6 Å². The predicted octanol–water partition coefficient (Wildman–Crippen LogP) is 2.73. The van der Waals surface area contributed by atoms with Gasteiger partial charge in [0.25, 0.3) is 10.0 Å². The Hall–Kier alpha value is -0.0200. The van der Waals surface area contributed by atoms with Crippen molar-refractivity contribution in [2.24, 2.45) is 5.73 Å². The summed E-state index contributed by atoms with van der Waals surface area (Å²) in [7, 11) is -3.50. The van der Waals surface area contributed by atoms with E-state index in [1.807, 2.05) is 0 Å². The monoisotopic (exact) mass is 382 g/mol. The fourth-order valence-electron chi connectivity index (χ4n) is 2.31. The zero-order valence-corrected chi connectivity index (χ0v) is 14.2. The highest BCUT2D eigenvalue weighted by molar-refractivity contribution is 9.11. The highest BCUT2D eigenvalue weighted by Crippen LogP contribution is 2.32. The van der Waals surface area contributed by atoms with Gasteiger partial charge in [0.1, 0.15) is 4.21 Å². The molecule has 0 bridgehead atoms. The molecule has 1 aliphatic rings. The largest absolute Gasteiger partial charge is 0.392 e. The van der Waals surface area contributed by atoms with Crippen LogP contribution in [0.5, 0.6) is 0 Å². The molecule has 106 valence electrons. The van der Waals surface area contributed by atoms with Gasteiger partial charge in [0, 0.05) is 6.04 Å². The number of nitrogens with two attached hydrogens (primary N) is 1. The average Bonchev–Trinajstić information content (AvgIpc) is 2.96. The van der Waals surface area contributed by atoms with Gasteiger partial charge in [-0.25, -0.2) is 8.42 Å². The second-order valence-corrected chi connectivity index (χ2v) is 9.62. The summed E-state index contributed by atoms with van der Waals surface area (Å²) in [4.78, 5) is 0.214. The van der Waals surface area contributed by atoms with Crippen molar-refractivity contribution in [3.8, 4) is 0 Å². The number of thiophene rings is 1. The first-order chi connectivity index (χ1) is 8.91. The van der Waals surface area contributed by atoms with Crippen LogP contribution in [0.1, 0.15) is 25.7 Å². The fourth-order valence-corrected chi connectivity index (χ4v) is 6.33. The Bertz CT molecular complexity index is 564. The van der Waals surface area contributed by atoms with E-state index in [2.05, 4.69) is 15.9 Å². The van der Waals surface area contributed by atoms with Crippen LogP contribution in [0.2, 0.25) is 0 Å². The molecule has 1 aliphatic carbocycles. The minimum absolute atomic E-state index is 0.0207. The molecule has 1 heterocycles. The summed E-state index contributed by atoms with van der Waals surface area (Å²) in [6.07, 6.45) is 3.88. The smallest absolute Gasteiger partial charge is 0.253 e. The third-order valence-corrected chi connectivity index (χ3v) is 7.27. The van der Waals surface area contributed by atoms with Crippen molar-refractivity contribution in [1.29, 1.82) is 0 Å². The number of hydrogen-bond acceptors (Lipinski definition) is 4. The molecule has 0 saturated heterocycles. The zero-order chi connectivity index (χ0) is 14.0. The molecule has 2 N–H and O–H groups in total. The Balaban J connectivity index is 2.33. The quantitative estimate of drug-likeness (QED) is 0.795. The maximum Gasteiger partial charge on any atom is 0.253 e. The lowest BCUT2D eigenvalue weighted by molar-refractivity contribution is 0.356. The zero-order valence-electron chi connectivity index (χ0n) is 10.2. The second-order valence-electron chi connectivity index (χ2n) is 4.51. The Kier molecular flexibility index (Phi) is 4.99. The molecule has 4 nitrogen and oxygen atoms in total. The lowest BCUT2D eigenvalue weighted by Crippen LogP contribution is -2.43. The number of thiocarbonyl (C=S) groups is 1. The molecule has 8 heteroatoms. The van der Waals surface area contributed by atoms with Gasteiger partial charge < -0.3 is 5.73 Å². The second kappa shape index (κ2) is 6.17. The minimum Gasteiger partial charge on any atom is -0.392 e. The predicted molar refractivity (Wildman–Crippen MR) is 85.0 cm³/mol. The lowest BCUT2D eigenvalue weighted by atomic mass is 10.2. The maximum absolute atomic E-state index is 12.7. The van der Waals surface area contributed by atoms with Gasteiger partial charge in [-0.2, -0.15) is 4.31 Å². The normalized spacial score (nSPS) is 17.2. The van der Waals surface area contributed by atoms with Crippen molar-refractivity contribution in [2.75, 3.05) is 6.54 Å². The molecule has 2 rings (SSSR count). The fraction of sp³-hybridized carbons (Fsp3) is 0.545. The molecule has 0 atom stereocenters. The topological polar surface area (TPSA) is 63.4 Å². The van der Waals surface area contributed by atoms with E-state index in [0.29, 0.717) is 4.21 Å². The number of hydrogen-bond donors (Lipinski definition) is 1. The molecule has 0 amide bonds. The average molecular weight is 383 g/mol. The van der Waals surface area contributed by atoms with E-state index < -0.39 is 10.0 Å². The van der Waals surface area contributed by atoms with Gasteiger partial charge in [-0.05, 0) is 40.9 Å². The van der Waals surface area contributed by atoms with Crippen molar-refractivity contribution >= 4 is 54.5 Å². The van der Waals surface area contributed by atoms with Crippen LogP contribution in [0.15, 0.2) is 20.1 Å². The minimum atomic E-state index is -3.50. The van der Waals surface area contributed by atoms with E-state index in [1.165, 1.54) is 15.6 Å². The van der Waals surface area contributed by atoms with E-state index in [9.17, 15) is 8.42 Å². The van der Waals surface area contributed by atoms with Crippen molar-refractivity contribution in [3.05, 3.63) is 15.9 Å². The summed E-state index contributed by atoms with van der Waals surface area (Å²) in [5.41, 5.74) is 5.56. The van der Waals surface area contributed by atoms with E-state index in [0.717, 1.165) is 29.5 Å². The molecule has 1 aromatic rings.